The van der Waals surface area contributed by atoms with E-state index in [0.717, 1.165) is 12.0 Å². The molecule has 0 saturated heterocycles. The molecule has 1 N–H and O–H groups in total. The van der Waals surface area contributed by atoms with E-state index in [0.29, 0.717) is 24.5 Å². The van der Waals surface area contributed by atoms with E-state index in [1.54, 1.807) is 13.2 Å². The van der Waals surface area contributed by atoms with Gasteiger partial charge < -0.3 is 4.74 Å². The van der Waals surface area contributed by atoms with Gasteiger partial charge >= 0.3 is 0 Å². The van der Waals surface area contributed by atoms with Crippen molar-refractivity contribution in [3.8, 4) is 5.75 Å². The lowest BCUT2D eigenvalue weighted by atomic mass is 9.70. The molecule has 24 heavy (non-hydrogen) atoms. The van der Waals surface area contributed by atoms with Crippen molar-refractivity contribution < 1.29 is 17.9 Å². The van der Waals surface area contributed by atoms with E-state index in [1.807, 2.05) is 32.0 Å². The fourth-order valence-electron chi connectivity index (χ4n) is 4.46. The zero-order valence-corrected chi connectivity index (χ0v) is 15.3. The van der Waals surface area contributed by atoms with Gasteiger partial charge in [-0.1, -0.05) is 26.0 Å². The Balaban J connectivity index is 1.73. The summed E-state index contributed by atoms with van der Waals surface area (Å²) in [6, 6.07) is 7.29. The molecule has 2 bridgehead atoms. The number of sulfonamides is 1. The number of methoxy groups -OCH3 is 1. The lowest BCUT2D eigenvalue weighted by Crippen LogP contribution is -2.45. The molecule has 0 amide bonds. The largest absolute Gasteiger partial charge is 0.497 e. The molecule has 1 aromatic carbocycles. The van der Waals surface area contributed by atoms with Crippen LogP contribution in [-0.2, 0) is 21.4 Å². The van der Waals surface area contributed by atoms with Crippen molar-refractivity contribution in [1.29, 1.82) is 0 Å². The Morgan fingerprint density at radius 1 is 1.33 bits per heavy atom. The third kappa shape index (κ3) is 2.75. The molecule has 0 spiro atoms. The standard InChI is InChI=1S/C18H25NO4S/c1-17(2)14-7-8-18(17,16(20)10-14)12-24(21,22)19-11-13-5-4-6-15(9-13)23-3/h4-6,9,14,19H,7-8,10-12H2,1-3H3. The van der Waals surface area contributed by atoms with Crippen molar-refractivity contribution in [3.63, 3.8) is 0 Å². The summed E-state index contributed by atoms with van der Waals surface area (Å²) < 4.78 is 33.1. The maximum atomic E-state index is 12.6. The predicted molar refractivity (Wildman–Crippen MR) is 92.2 cm³/mol. The Morgan fingerprint density at radius 3 is 2.67 bits per heavy atom. The van der Waals surface area contributed by atoms with E-state index in [9.17, 15) is 13.2 Å². The third-order valence-corrected chi connectivity index (χ3v) is 7.66. The second-order valence-corrected chi connectivity index (χ2v) is 9.41. The van der Waals surface area contributed by atoms with Gasteiger partial charge in [-0.25, -0.2) is 13.1 Å². The Bertz CT molecular complexity index is 756. The van der Waals surface area contributed by atoms with Crippen molar-refractivity contribution in [2.75, 3.05) is 12.9 Å². The average molecular weight is 351 g/mol. The summed E-state index contributed by atoms with van der Waals surface area (Å²) in [5, 5.41) is 0. The van der Waals surface area contributed by atoms with Gasteiger partial charge in [-0.05, 0) is 41.9 Å². The molecular weight excluding hydrogens is 326 g/mol. The van der Waals surface area contributed by atoms with E-state index in [4.69, 9.17) is 4.74 Å². The fraction of sp³-hybridized carbons (Fsp3) is 0.611. The average Bonchev–Trinajstić information content (AvgIpc) is 2.87. The lowest BCUT2D eigenvalue weighted by molar-refractivity contribution is -0.128. The van der Waals surface area contributed by atoms with Crippen LogP contribution in [0, 0.1) is 16.7 Å². The van der Waals surface area contributed by atoms with Gasteiger partial charge in [-0.3, -0.25) is 4.79 Å². The second-order valence-electron chi connectivity index (χ2n) is 7.60. The molecule has 132 valence electrons. The van der Waals surface area contributed by atoms with Crippen molar-refractivity contribution in [1.82, 2.24) is 4.72 Å². The van der Waals surface area contributed by atoms with Gasteiger partial charge in [0.15, 0.2) is 0 Å². The van der Waals surface area contributed by atoms with E-state index < -0.39 is 15.4 Å². The van der Waals surface area contributed by atoms with E-state index in [-0.39, 0.29) is 23.5 Å². The minimum Gasteiger partial charge on any atom is -0.497 e. The first-order valence-corrected chi connectivity index (χ1v) is 9.99. The number of carbonyl (C=O) groups excluding carboxylic acids is 1. The molecule has 2 unspecified atom stereocenters. The third-order valence-electron chi connectivity index (χ3n) is 6.21. The molecule has 0 radical (unpaired) electrons. The first-order valence-electron chi connectivity index (χ1n) is 8.34. The highest BCUT2D eigenvalue weighted by molar-refractivity contribution is 7.89. The number of rotatable bonds is 6. The molecule has 3 rings (SSSR count). The predicted octanol–water partition coefficient (Wildman–Crippen LogP) is 2.51. The van der Waals surface area contributed by atoms with Crippen LogP contribution in [0.5, 0.6) is 5.75 Å². The topological polar surface area (TPSA) is 72.5 Å². The molecule has 2 fully saturated rings. The van der Waals surface area contributed by atoms with Gasteiger partial charge in [-0.15, -0.1) is 0 Å². The number of ketones is 1. The number of hydrogen-bond acceptors (Lipinski definition) is 4. The van der Waals surface area contributed by atoms with Crippen molar-refractivity contribution in [2.45, 2.75) is 39.7 Å². The van der Waals surface area contributed by atoms with Crippen LogP contribution < -0.4 is 9.46 Å². The molecule has 0 heterocycles. The highest BCUT2D eigenvalue weighted by Crippen LogP contribution is 2.64. The maximum Gasteiger partial charge on any atom is 0.212 e. The van der Waals surface area contributed by atoms with Crippen LogP contribution >= 0.6 is 0 Å². The number of ether oxygens (including phenoxy) is 1. The summed E-state index contributed by atoms with van der Waals surface area (Å²) in [5.74, 6) is 1.02. The zero-order valence-electron chi connectivity index (χ0n) is 14.5. The number of fused-ring (bicyclic) bond motifs is 2. The van der Waals surface area contributed by atoms with Crippen LogP contribution in [0.25, 0.3) is 0 Å². The fourth-order valence-corrected chi connectivity index (χ4v) is 6.27. The van der Waals surface area contributed by atoms with Gasteiger partial charge in [-0.2, -0.15) is 0 Å². The van der Waals surface area contributed by atoms with Crippen LogP contribution in [0.1, 0.15) is 38.7 Å². The van der Waals surface area contributed by atoms with Crippen LogP contribution in [-0.4, -0.2) is 27.1 Å². The summed E-state index contributed by atoms with van der Waals surface area (Å²) in [6.45, 7) is 4.30. The molecule has 5 nitrogen and oxygen atoms in total. The number of benzene rings is 1. The van der Waals surface area contributed by atoms with Crippen LogP contribution in [0.3, 0.4) is 0 Å². The summed E-state index contributed by atoms with van der Waals surface area (Å²) in [7, 11) is -1.97. The lowest BCUT2D eigenvalue weighted by Gasteiger charge is -2.36. The first kappa shape index (κ1) is 17.4. The van der Waals surface area contributed by atoms with Crippen molar-refractivity contribution >= 4 is 15.8 Å². The Morgan fingerprint density at radius 2 is 2.08 bits per heavy atom. The number of nitrogens with one attached hydrogen (secondary N) is 1. The zero-order chi connectivity index (χ0) is 17.6. The summed E-state index contributed by atoms with van der Waals surface area (Å²) in [4.78, 5) is 12.5. The number of Topliss-reactive ketones (excluding diaryl/α,β-unsaturated/α-hetero) is 1. The minimum atomic E-state index is -3.54. The first-order chi connectivity index (χ1) is 11.2. The van der Waals surface area contributed by atoms with E-state index in [1.165, 1.54) is 0 Å². The molecule has 2 atom stereocenters. The molecule has 1 aromatic rings. The van der Waals surface area contributed by atoms with Gasteiger partial charge in [0, 0.05) is 18.4 Å². The van der Waals surface area contributed by atoms with Gasteiger partial charge in [0.25, 0.3) is 0 Å². The highest BCUT2D eigenvalue weighted by atomic mass is 32.2. The molecular formula is C18H25NO4S. The van der Waals surface area contributed by atoms with Crippen LogP contribution in [0.2, 0.25) is 0 Å². The smallest absolute Gasteiger partial charge is 0.212 e. The summed E-state index contributed by atoms with van der Waals surface area (Å²) in [5.41, 5.74) is -0.135. The summed E-state index contributed by atoms with van der Waals surface area (Å²) in [6.07, 6.45) is 2.16. The van der Waals surface area contributed by atoms with Gasteiger partial charge in [0.05, 0.1) is 12.9 Å². The van der Waals surface area contributed by atoms with Crippen LogP contribution in [0.15, 0.2) is 24.3 Å². The van der Waals surface area contributed by atoms with Gasteiger partial charge in [0.2, 0.25) is 10.0 Å². The van der Waals surface area contributed by atoms with Crippen molar-refractivity contribution in [2.24, 2.45) is 16.7 Å². The van der Waals surface area contributed by atoms with Gasteiger partial charge in [0.1, 0.15) is 11.5 Å². The molecule has 2 aliphatic rings. The number of hydrogen-bond donors (Lipinski definition) is 1. The molecule has 2 aliphatic carbocycles. The second kappa shape index (κ2) is 5.85. The van der Waals surface area contributed by atoms with E-state index >= 15 is 0 Å². The molecule has 2 saturated carbocycles. The minimum absolute atomic E-state index is 0.105. The van der Waals surface area contributed by atoms with Crippen LogP contribution in [0.4, 0.5) is 0 Å². The molecule has 0 aromatic heterocycles. The van der Waals surface area contributed by atoms with Crippen molar-refractivity contribution in [3.05, 3.63) is 29.8 Å². The summed E-state index contributed by atoms with van der Waals surface area (Å²) >= 11 is 0. The Kier molecular flexibility index (Phi) is 4.24. The normalized spacial score (nSPS) is 28.3. The van der Waals surface area contributed by atoms with E-state index in [2.05, 4.69) is 4.72 Å². The maximum absolute atomic E-state index is 12.6. The highest BCUT2D eigenvalue weighted by Gasteiger charge is 2.65. The molecule has 0 aliphatic heterocycles. The number of carbonyl (C=O) groups is 1. The Labute approximate surface area is 143 Å². The SMILES string of the molecule is COc1cccc(CNS(=O)(=O)CC23CCC(CC2=O)C3(C)C)c1. The quantitative estimate of drug-likeness (QED) is 0.855. The molecule has 6 heteroatoms. The monoisotopic (exact) mass is 351 g/mol. The Hall–Kier alpha value is -1.40.